The van der Waals surface area contributed by atoms with Crippen LogP contribution in [0.1, 0.15) is 30.7 Å². The fourth-order valence-corrected chi connectivity index (χ4v) is 4.35. The number of benzene rings is 1. The molecule has 1 N–H and O–H groups in total. The number of ether oxygens (including phenoxy) is 1. The van der Waals surface area contributed by atoms with Crippen molar-refractivity contribution in [2.45, 2.75) is 25.2 Å². The molecule has 1 saturated heterocycles. The third-order valence-electron chi connectivity index (χ3n) is 5.42. The first kappa shape index (κ1) is 22.9. The van der Waals surface area contributed by atoms with Gasteiger partial charge in [-0.2, -0.15) is 25.3 Å². The van der Waals surface area contributed by atoms with Gasteiger partial charge in [-0.05, 0) is 63.0 Å². The number of nitrogens with one attached hydrogen (secondary N) is 1. The number of thiol groups is 2. The number of hydrogen-bond donors (Lipinski definition) is 3. The van der Waals surface area contributed by atoms with Crippen LogP contribution >= 0.6 is 25.3 Å². The van der Waals surface area contributed by atoms with Crippen molar-refractivity contribution in [3.8, 4) is 5.75 Å². The number of para-hydroxylation sites is 1. The zero-order chi connectivity index (χ0) is 19.3. The predicted octanol–water partition coefficient (Wildman–Crippen LogP) is 3.02. The van der Waals surface area contributed by atoms with E-state index in [1.807, 2.05) is 0 Å². The average molecular weight is 412 g/mol. The second-order valence-electron chi connectivity index (χ2n) is 7.25. The van der Waals surface area contributed by atoms with Crippen LogP contribution in [-0.2, 0) is 0 Å². The summed E-state index contributed by atoms with van der Waals surface area (Å²) in [5.41, 5.74) is 1.38. The molecule has 0 aliphatic carbocycles. The molecule has 1 fully saturated rings. The highest BCUT2D eigenvalue weighted by Gasteiger charge is 2.22. The minimum absolute atomic E-state index is 0.635. The standard InChI is InChI=1S/C21H37N3OS2/c1-25-21-6-3-2-5-20(21)19-7-13-23(14-8-19)11-4-12-24(16-18-27)15-9-22-10-17-26/h2-3,5-6,19,22,26-27H,4,7-18H2,1H3. The van der Waals surface area contributed by atoms with Gasteiger partial charge in [0.25, 0.3) is 0 Å². The molecule has 0 aromatic heterocycles. The molecule has 0 unspecified atom stereocenters. The zero-order valence-electron chi connectivity index (χ0n) is 16.8. The first-order valence-electron chi connectivity index (χ1n) is 10.3. The molecular formula is C21H37N3OS2. The van der Waals surface area contributed by atoms with Crippen molar-refractivity contribution >= 4 is 25.3 Å². The van der Waals surface area contributed by atoms with E-state index >= 15 is 0 Å². The lowest BCUT2D eigenvalue weighted by molar-refractivity contribution is 0.193. The summed E-state index contributed by atoms with van der Waals surface area (Å²) in [6.45, 7) is 8.95. The van der Waals surface area contributed by atoms with Crippen LogP contribution in [-0.4, -0.2) is 80.8 Å². The normalized spacial score (nSPS) is 16.1. The van der Waals surface area contributed by atoms with Crippen molar-refractivity contribution in [3.63, 3.8) is 0 Å². The zero-order valence-corrected chi connectivity index (χ0v) is 18.6. The number of likely N-dealkylation sites (tertiary alicyclic amines) is 1. The van der Waals surface area contributed by atoms with E-state index in [0.29, 0.717) is 5.92 Å². The average Bonchev–Trinajstić information content (AvgIpc) is 2.71. The Morgan fingerprint density at radius 2 is 1.85 bits per heavy atom. The van der Waals surface area contributed by atoms with Crippen LogP contribution in [0.4, 0.5) is 0 Å². The molecule has 154 valence electrons. The highest BCUT2D eigenvalue weighted by molar-refractivity contribution is 7.80. The van der Waals surface area contributed by atoms with Gasteiger partial charge in [0.15, 0.2) is 0 Å². The molecule has 1 aromatic carbocycles. The molecular weight excluding hydrogens is 374 g/mol. The first-order chi connectivity index (χ1) is 13.3. The van der Waals surface area contributed by atoms with Crippen molar-refractivity contribution in [2.24, 2.45) is 0 Å². The maximum atomic E-state index is 5.55. The Bertz CT molecular complexity index is 510. The number of methoxy groups -OCH3 is 1. The summed E-state index contributed by atoms with van der Waals surface area (Å²) in [6.07, 6.45) is 3.70. The Morgan fingerprint density at radius 3 is 2.56 bits per heavy atom. The van der Waals surface area contributed by atoms with Gasteiger partial charge in [-0.1, -0.05) is 18.2 Å². The van der Waals surface area contributed by atoms with E-state index in [1.54, 1.807) is 7.11 Å². The SMILES string of the molecule is COc1ccccc1C1CCN(CCCN(CCS)CCNCCS)CC1. The number of hydrogen-bond acceptors (Lipinski definition) is 6. The van der Waals surface area contributed by atoms with Crippen LogP contribution in [0.2, 0.25) is 0 Å². The summed E-state index contributed by atoms with van der Waals surface area (Å²) in [5, 5.41) is 3.43. The smallest absolute Gasteiger partial charge is 0.122 e. The second kappa shape index (κ2) is 13.7. The summed E-state index contributed by atoms with van der Waals surface area (Å²) in [4.78, 5) is 5.16. The van der Waals surface area contributed by atoms with Crippen LogP contribution < -0.4 is 10.1 Å². The van der Waals surface area contributed by atoms with Gasteiger partial charge >= 0.3 is 0 Å². The van der Waals surface area contributed by atoms with Gasteiger partial charge in [-0.3, -0.25) is 0 Å². The molecule has 1 aliphatic rings. The molecule has 0 radical (unpaired) electrons. The molecule has 0 amide bonds. The molecule has 1 heterocycles. The van der Waals surface area contributed by atoms with E-state index in [0.717, 1.165) is 50.0 Å². The van der Waals surface area contributed by atoms with Gasteiger partial charge in [0, 0.05) is 37.7 Å². The Balaban J connectivity index is 1.67. The fraction of sp³-hybridized carbons (Fsp3) is 0.714. The summed E-state index contributed by atoms with van der Waals surface area (Å²) in [5.74, 6) is 3.51. The molecule has 4 nitrogen and oxygen atoms in total. The summed E-state index contributed by atoms with van der Waals surface area (Å²) >= 11 is 8.65. The van der Waals surface area contributed by atoms with Crippen molar-refractivity contribution < 1.29 is 4.74 Å². The van der Waals surface area contributed by atoms with Gasteiger partial charge in [-0.15, -0.1) is 0 Å². The molecule has 0 spiro atoms. The van der Waals surface area contributed by atoms with Crippen LogP contribution in [0.3, 0.4) is 0 Å². The largest absolute Gasteiger partial charge is 0.496 e. The van der Waals surface area contributed by atoms with Gasteiger partial charge in [0.2, 0.25) is 0 Å². The van der Waals surface area contributed by atoms with E-state index in [-0.39, 0.29) is 0 Å². The van der Waals surface area contributed by atoms with Crippen LogP contribution in [0.5, 0.6) is 5.75 Å². The third-order valence-corrected chi connectivity index (χ3v) is 5.85. The second-order valence-corrected chi connectivity index (χ2v) is 8.14. The molecule has 27 heavy (non-hydrogen) atoms. The topological polar surface area (TPSA) is 27.7 Å². The molecule has 6 heteroatoms. The lowest BCUT2D eigenvalue weighted by atomic mass is 9.89. The molecule has 0 bridgehead atoms. The van der Waals surface area contributed by atoms with Crippen LogP contribution in [0, 0.1) is 0 Å². The van der Waals surface area contributed by atoms with Gasteiger partial charge in [0.1, 0.15) is 5.75 Å². The summed E-state index contributed by atoms with van der Waals surface area (Å²) in [6, 6.07) is 8.51. The summed E-state index contributed by atoms with van der Waals surface area (Å²) in [7, 11) is 1.78. The number of piperidine rings is 1. The lowest BCUT2D eigenvalue weighted by Crippen LogP contribution is -2.38. The maximum absolute atomic E-state index is 5.55. The summed E-state index contributed by atoms with van der Waals surface area (Å²) < 4.78 is 5.55. The number of nitrogens with zero attached hydrogens (tertiary/aromatic N) is 2. The highest BCUT2D eigenvalue weighted by Crippen LogP contribution is 2.33. The minimum atomic E-state index is 0.635. The Morgan fingerprint density at radius 1 is 1.07 bits per heavy atom. The van der Waals surface area contributed by atoms with E-state index < -0.39 is 0 Å². The van der Waals surface area contributed by atoms with Gasteiger partial charge in [-0.25, -0.2) is 0 Å². The third kappa shape index (κ3) is 8.24. The maximum Gasteiger partial charge on any atom is 0.122 e. The van der Waals surface area contributed by atoms with E-state index in [9.17, 15) is 0 Å². The van der Waals surface area contributed by atoms with Crippen LogP contribution in [0.15, 0.2) is 24.3 Å². The first-order valence-corrected chi connectivity index (χ1v) is 11.5. The Kier molecular flexibility index (Phi) is 11.6. The highest BCUT2D eigenvalue weighted by atomic mass is 32.1. The fourth-order valence-electron chi connectivity index (χ4n) is 3.91. The van der Waals surface area contributed by atoms with Crippen molar-refractivity contribution in [2.75, 3.05) is 71.0 Å². The van der Waals surface area contributed by atoms with E-state index in [1.165, 1.54) is 44.5 Å². The lowest BCUT2D eigenvalue weighted by Gasteiger charge is -2.33. The number of rotatable bonds is 13. The molecule has 0 atom stereocenters. The molecule has 2 rings (SSSR count). The molecule has 0 saturated carbocycles. The van der Waals surface area contributed by atoms with Crippen LogP contribution in [0.25, 0.3) is 0 Å². The van der Waals surface area contributed by atoms with Gasteiger partial charge < -0.3 is 19.9 Å². The predicted molar refractivity (Wildman–Crippen MR) is 123 cm³/mol. The quantitative estimate of drug-likeness (QED) is 0.344. The van der Waals surface area contributed by atoms with E-state index in [4.69, 9.17) is 4.74 Å². The Hall–Kier alpha value is -0.400. The van der Waals surface area contributed by atoms with Crippen molar-refractivity contribution in [1.82, 2.24) is 15.1 Å². The monoisotopic (exact) mass is 411 g/mol. The van der Waals surface area contributed by atoms with Gasteiger partial charge in [0.05, 0.1) is 7.11 Å². The molecule has 1 aromatic rings. The Labute approximate surface area is 176 Å². The van der Waals surface area contributed by atoms with Crippen molar-refractivity contribution in [1.29, 1.82) is 0 Å². The minimum Gasteiger partial charge on any atom is -0.496 e. The van der Waals surface area contributed by atoms with E-state index in [2.05, 4.69) is 64.6 Å². The molecule has 1 aliphatic heterocycles. The van der Waals surface area contributed by atoms with Crippen molar-refractivity contribution in [3.05, 3.63) is 29.8 Å².